The van der Waals surface area contributed by atoms with Crippen LogP contribution >= 0.6 is 0 Å². The standard InChI is InChI=1S/C24H26N2O5/c1-5-30-24(29)17(4)31-21-8-6-7-20-19(21)9-10-26(23(20)28)14-22(27)25-18-12-15(2)11-16(3)13-18/h6-13,17H,5,14H2,1-4H3,(H,25,27)/t17-/m1/s1. The van der Waals surface area contributed by atoms with E-state index in [1.54, 1.807) is 44.3 Å². The topological polar surface area (TPSA) is 86.6 Å². The van der Waals surface area contributed by atoms with E-state index in [-0.39, 0.29) is 24.6 Å². The van der Waals surface area contributed by atoms with Crippen molar-refractivity contribution in [1.29, 1.82) is 0 Å². The van der Waals surface area contributed by atoms with Gasteiger partial charge in [0, 0.05) is 17.3 Å². The molecule has 7 nitrogen and oxygen atoms in total. The minimum absolute atomic E-state index is 0.119. The van der Waals surface area contributed by atoms with E-state index < -0.39 is 12.1 Å². The van der Waals surface area contributed by atoms with Crippen molar-refractivity contribution in [2.45, 2.75) is 40.3 Å². The summed E-state index contributed by atoms with van der Waals surface area (Å²) in [6.07, 6.45) is 0.740. The van der Waals surface area contributed by atoms with E-state index in [9.17, 15) is 14.4 Å². The number of aromatic nitrogens is 1. The summed E-state index contributed by atoms with van der Waals surface area (Å²) < 4.78 is 12.0. The third-order valence-corrected chi connectivity index (χ3v) is 4.72. The molecule has 0 unspecified atom stereocenters. The lowest BCUT2D eigenvalue weighted by Gasteiger charge is -2.15. The second-order valence-corrected chi connectivity index (χ2v) is 7.40. The zero-order valence-corrected chi connectivity index (χ0v) is 18.1. The average Bonchev–Trinajstić information content (AvgIpc) is 2.69. The molecule has 0 aliphatic heterocycles. The number of pyridine rings is 1. The molecule has 0 aliphatic carbocycles. The van der Waals surface area contributed by atoms with Crippen LogP contribution in [-0.2, 0) is 20.9 Å². The molecule has 162 valence electrons. The number of rotatable bonds is 7. The Bertz CT molecular complexity index is 1160. The normalized spacial score (nSPS) is 11.7. The van der Waals surface area contributed by atoms with Gasteiger partial charge in [0.05, 0.1) is 12.0 Å². The maximum atomic E-state index is 12.9. The van der Waals surface area contributed by atoms with Crippen molar-refractivity contribution in [3.8, 4) is 5.75 Å². The van der Waals surface area contributed by atoms with Gasteiger partial charge in [-0.3, -0.25) is 9.59 Å². The van der Waals surface area contributed by atoms with Gasteiger partial charge in [0.25, 0.3) is 5.56 Å². The van der Waals surface area contributed by atoms with Gasteiger partial charge in [0.15, 0.2) is 6.10 Å². The molecule has 3 rings (SSSR count). The van der Waals surface area contributed by atoms with Gasteiger partial charge >= 0.3 is 5.97 Å². The molecule has 1 aromatic heterocycles. The van der Waals surface area contributed by atoms with Gasteiger partial charge in [-0.25, -0.2) is 4.79 Å². The summed E-state index contributed by atoms with van der Waals surface area (Å²) in [5.74, 6) is -0.368. The quantitative estimate of drug-likeness (QED) is 0.588. The summed E-state index contributed by atoms with van der Waals surface area (Å²) in [5, 5.41) is 3.80. The van der Waals surface area contributed by atoms with Crippen LogP contribution < -0.4 is 15.6 Å². The first-order chi connectivity index (χ1) is 14.8. The van der Waals surface area contributed by atoms with Gasteiger partial charge in [-0.2, -0.15) is 0 Å². The molecule has 0 bridgehead atoms. The number of hydrogen-bond acceptors (Lipinski definition) is 5. The first-order valence-electron chi connectivity index (χ1n) is 10.1. The predicted octanol–water partition coefficient (Wildman–Crippen LogP) is 3.59. The number of ether oxygens (including phenoxy) is 2. The Hall–Kier alpha value is -3.61. The molecule has 1 N–H and O–H groups in total. The van der Waals surface area contributed by atoms with Gasteiger partial charge in [-0.05, 0) is 69.2 Å². The van der Waals surface area contributed by atoms with Crippen molar-refractivity contribution in [2.24, 2.45) is 0 Å². The minimum atomic E-state index is -0.809. The number of hydrogen-bond donors (Lipinski definition) is 1. The summed E-state index contributed by atoms with van der Waals surface area (Å²) in [6.45, 7) is 7.37. The predicted molar refractivity (Wildman–Crippen MR) is 119 cm³/mol. The highest BCUT2D eigenvalue weighted by molar-refractivity contribution is 5.92. The molecule has 1 amide bonds. The fourth-order valence-corrected chi connectivity index (χ4v) is 3.42. The number of carbonyl (C=O) groups excluding carboxylic acids is 2. The number of benzene rings is 2. The highest BCUT2D eigenvalue weighted by Crippen LogP contribution is 2.24. The molecule has 7 heteroatoms. The number of nitrogens with one attached hydrogen (secondary N) is 1. The van der Waals surface area contributed by atoms with Gasteiger partial charge in [0.2, 0.25) is 5.91 Å². The molecule has 0 aliphatic rings. The van der Waals surface area contributed by atoms with Crippen LogP contribution in [0.15, 0.2) is 53.5 Å². The van der Waals surface area contributed by atoms with Crippen molar-refractivity contribution in [1.82, 2.24) is 4.57 Å². The number of amides is 1. The van der Waals surface area contributed by atoms with Crippen molar-refractivity contribution in [3.63, 3.8) is 0 Å². The summed E-state index contributed by atoms with van der Waals surface area (Å²) in [7, 11) is 0. The van der Waals surface area contributed by atoms with E-state index in [2.05, 4.69) is 5.32 Å². The Morgan fingerprint density at radius 1 is 1.06 bits per heavy atom. The van der Waals surface area contributed by atoms with Crippen LogP contribution in [0.4, 0.5) is 5.69 Å². The van der Waals surface area contributed by atoms with E-state index in [1.165, 1.54) is 4.57 Å². The van der Waals surface area contributed by atoms with E-state index in [4.69, 9.17) is 9.47 Å². The highest BCUT2D eigenvalue weighted by Gasteiger charge is 2.18. The first kappa shape index (κ1) is 22.1. The van der Waals surface area contributed by atoms with Gasteiger partial charge in [-0.15, -0.1) is 0 Å². The Morgan fingerprint density at radius 2 is 1.77 bits per heavy atom. The molecule has 3 aromatic rings. The number of aryl methyl sites for hydroxylation is 2. The SMILES string of the molecule is CCOC(=O)[C@@H](C)Oc1cccc2c(=O)n(CC(=O)Nc3cc(C)cc(C)c3)ccc12. The molecule has 0 radical (unpaired) electrons. The zero-order valence-electron chi connectivity index (χ0n) is 18.1. The molecular weight excluding hydrogens is 396 g/mol. The number of carbonyl (C=O) groups is 2. The lowest BCUT2D eigenvalue weighted by Crippen LogP contribution is -2.28. The molecule has 0 fully saturated rings. The molecule has 0 saturated heterocycles. The Labute approximate surface area is 180 Å². The molecule has 1 heterocycles. The summed E-state index contributed by atoms with van der Waals surface area (Å²) in [5.41, 5.74) is 2.47. The van der Waals surface area contributed by atoms with Crippen LogP contribution in [0, 0.1) is 13.8 Å². The number of fused-ring (bicyclic) bond motifs is 1. The zero-order chi connectivity index (χ0) is 22.5. The molecule has 1 atom stereocenters. The maximum absolute atomic E-state index is 12.9. The van der Waals surface area contributed by atoms with E-state index in [0.717, 1.165) is 11.1 Å². The molecule has 31 heavy (non-hydrogen) atoms. The second kappa shape index (κ2) is 9.47. The Kier molecular flexibility index (Phi) is 6.74. The van der Waals surface area contributed by atoms with Crippen molar-refractivity contribution >= 4 is 28.3 Å². The van der Waals surface area contributed by atoms with Crippen molar-refractivity contribution in [2.75, 3.05) is 11.9 Å². The Morgan fingerprint density at radius 3 is 2.45 bits per heavy atom. The van der Waals surface area contributed by atoms with Crippen LogP contribution in [0.3, 0.4) is 0 Å². The largest absolute Gasteiger partial charge is 0.478 e. The maximum Gasteiger partial charge on any atom is 0.347 e. The lowest BCUT2D eigenvalue weighted by molar-refractivity contribution is -0.150. The molecule has 2 aromatic carbocycles. The van der Waals surface area contributed by atoms with Gasteiger partial charge in [0.1, 0.15) is 12.3 Å². The molecule has 0 saturated carbocycles. The van der Waals surface area contributed by atoms with Crippen LogP contribution in [0.1, 0.15) is 25.0 Å². The van der Waals surface area contributed by atoms with Crippen LogP contribution in [-0.4, -0.2) is 29.2 Å². The minimum Gasteiger partial charge on any atom is -0.478 e. The second-order valence-electron chi connectivity index (χ2n) is 7.40. The first-order valence-corrected chi connectivity index (χ1v) is 10.1. The van der Waals surface area contributed by atoms with E-state index in [1.807, 2.05) is 32.0 Å². The number of anilines is 1. The van der Waals surface area contributed by atoms with Gasteiger partial charge in [-0.1, -0.05) is 12.1 Å². The summed E-state index contributed by atoms with van der Waals surface area (Å²) >= 11 is 0. The third-order valence-electron chi connectivity index (χ3n) is 4.72. The average molecular weight is 422 g/mol. The van der Waals surface area contributed by atoms with Gasteiger partial charge < -0.3 is 19.4 Å². The summed E-state index contributed by atoms with van der Waals surface area (Å²) in [6, 6.07) is 12.5. The van der Waals surface area contributed by atoms with Crippen LogP contribution in [0.25, 0.3) is 10.8 Å². The van der Waals surface area contributed by atoms with E-state index >= 15 is 0 Å². The van der Waals surface area contributed by atoms with Crippen LogP contribution in [0.5, 0.6) is 5.75 Å². The number of esters is 1. The lowest BCUT2D eigenvalue weighted by atomic mass is 10.1. The highest BCUT2D eigenvalue weighted by atomic mass is 16.6. The third kappa shape index (κ3) is 5.31. The fraction of sp³-hybridized carbons (Fsp3) is 0.292. The van der Waals surface area contributed by atoms with Crippen molar-refractivity contribution < 1.29 is 19.1 Å². The molecule has 0 spiro atoms. The fourth-order valence-electron chi connectivity index (χ4n) is 3.42. The van der Waals surface area contributed by atoms with E-state index in [0.29, 0.717) is 22.2 Å². The smallest absolute Gasteiger partial charge is 0.347 e. The number of nitrogens with zero attached hydrogens (tertiary/aromatic N) is 1. The Balaban J connectivity index is 1.82. The van der Waals surface area contributed by atoms with Crippen LogP contribution in [0.2, 0.25) is 0 Å². The van der Waals surface area contributed by atoms with Crippen molar-refractivity contribution in [3.05, 3.63) is 70.1 Å². The monoisotopic (exact) mass is 422 g/mol. The summed E-state index contributed by atoms with van der Waals surface area (Å²) in [4.78, 5) is 37.3. The molecular formula is C24H26N2O5.